The zero-order chi connectivity index (χ0) is 9.52. The Morgan fingerprint density at radius 1 is 1.46 bits per heavy atom. The smallest absolute Gasteiger partial charge is 0.00912 e. The van der Waals surface area contributed by atoms with Crippen LogP contribution in [0, 0.1) is 0 Å². The van der Waals surface area contributed by atoms with Gasteiger partial charge in [0.2, 0.25) is 0 Å². The average Bonchev–Trinajstić information content (AvgIpc) is 2.17. The lowest BCUT2D eigenvalue weighted by Gasteiger charge is -2.31. The normalized spacial score (nSPS) is 20.4. The van der Waals surface area contributed by atoms with Gasteiger partial charge < -0.3 is 10.2 Å². The molecule has 76 valence electrons. The molecular formula is C11H22N2. The molecule has 0 aromatic carbocycles. The van der Waals surface area contributed by atoms with Crippen LogP contribution in [0.15, 0.2) is 12.7 Å². The van der Waals surface area contributed by atoms with Crippen LogP contribution in [0.4, 0.5) is 0 Å². The molecule has 0 spiro atoms. The summed E-state index contributed by atoms with van der Waals surface area (Å²) in [5, 5.41) is 3.51. The Morgan fingerprint density at radius 3 is 2.69 bits per heavy atom. The van der Waals surface area contributed by atoms with Gasteiger partial charge >= 0.3 is 0 Å². The molecular weight excluding hydrogens is 160 g/mol. The van der Waals surface area contributed by atoms with E-state index in [4.69, 9.17) is 0 Å². The van der Waals surface area contributed by atoms with E-state index in [9.17, 15) is 0 Å². The lowest BCUT2D eigenvalue weighted by Crippen LogP contribution is -2.42. The summed E-state index contributed by atoms with van der Waals surface area (Å²) in [5.74, 6) is 0. The van der Waals surface area contributed by atoms with Gasteiger partial charge in [-0.05, 0) is 38.9 Å². The highest BCUT2D eigenvalue weighted by Crippen LogP contribution is 2.10. The lowest BCUT2D eigenvalue weighted by atomic mass is 10.1. The fourth-order valence-electron chi connectivity index (χ4n) is 1.92. The molecule has 13 heavy (non-hydrogen) atoms. The molecule has 1 N–H and O–H groups in total. The van der Waals surface area contributed by atoms with Gasteiger partial charge in [0, 0.05) is 12.6 Å². The summed E-state index contributed by atoms with van der Waals surface area (Å²) >= 11 is 0. The maximum atomic E-state index is 3.75. The van der Waals surface area contributed by atoms with Crippen LogP contribution < -0.4 is 5.32 Å². The van der Waals surface area contributed by atoms with Gasteiger partial charge in [0.1, 0.15) is 0 Å². The van der Waals surface area contributed by atoms with Gasteiger partial charge in [-0.2, -0.15) is 0 Å². The Morgan fingerprint density at radius 2 is 2.15 bits per heavy atom. The predicted molar refractivity (Wildman–Crippen MR) is 58.0 cm³/mol. The molecule has 0 aromatic heterocycles. The monoisotopic (exact) mass is 182 g/mol. The molecule has 1 rings (SSSR count). The number of nitrogens with one attached hydrogen (secondary N) is 1. The first-order chi connectivity index (χ1) is 6.36. The Labute approximate surface area is 82.0 Å². The first kappa shape index (κ1) is 10.7. The van der Waals surface area contributed by atoms with Crippen molar-refractivity contribution in [3.63, 3.8) is 0 Å². The summed E-state index contributed by atoms with van der Waals surface area (Å²) in [6.07, 6.45) is 5.76. The van der Waals surface area contributed by atoms with E-state index in [1.165, 1.54) is 32.5 Å². The summed E-state index contributed by atoms with van der Waals surface area (Å²) in [5.41, 5.74) is 0. The SMILES string of the molecule is C=CCCN1CCC(NCC)CC1. The van der Waals surface area contributed by atoms with E-state index in [0.717, 1.165) is 19.0 Å². The highest BCUT2D eigenvalue weighted by molar-refractivity contribution is 4.78. The van der Waals surface area contributed by atoms with Gasteiger partial charge in [0.05, 0.1) is 0 Å². The number of piperidine rings is 1. The van der Waals surface area contributed by atoms with Crippen LogP contribution in [0.1, 0.15) is 26.2 Å². The quantitative estimate of drug-likeness (QED) is 0.650. The summed E-state index contributed by atoms with van der Waals surface area (Å²) in [7, 11) is 0. The molecule has 1 aliphatic rings. The van der Waals surface area contributed by atoms with Crippen molar-refractivity contribution in [2.75, 3.05) is 26.2 Å². The minimum Gasteiger partial charge on any atom is -0.314 e. The second-order valence-electron chi connectivity index (χ2n) is 3.75. The molecule has 0 aliphatic carbocycles. The number of nitrogens with zero attached hydrogens (tertiary/aromatic N) is 1. The minimum atomic E-state index is 0.769. The lowest BCUT2D eigenvalue weighted by molar-refractivity contribution is 0.202. The Balaban J connectivity index is 2.11. The van der Waals surface area contributed by atoms with Crippen molar-refractivity contribution in [1.29, 1.82) is 0 Å². The molecule has 2 nitrogen and oxygen atoms in total. The third kappa shape index (κ3) is 3.92. The van der Waals surface area contributed by atoms with Crippen molar-refractivity contribution in [1.82, 2.24) is 10.2 Å². The van der Waals surface area contributed by atoms with Crippen molar-refractivity contribution < 1.29 is 0 Å². The van der Waals surface area contributed by atoms with Crippen LogP contribution in [0.25, 0.3) is 0 Å². The number of likely N-dealkylation sites (tertiary alicyclic amines) is 1. The van der Waals surface area contributed by atoms with Crippen molar-refractivity contribution in [2.24, 2.45) is 0 Å². The van der Waals surface area contributed by atoms with Crippen molar-refractivity contribution in [3.05, 3.63) is 12.7 Å². The van der Waals surface area contributed by atoms with Crippen molar-refractivity contribution in [3.8, 4) is 0 Å². The van der Waals surface area contributed by atoms with Crippen LogP contribution >= 0.6 is 0 Å². The average molecular weight is 182 g/mol. The summed E-state index contributed by atoms with van der Waals surface area (Å²) in [6, 6.07) is 0.769. The van der Waals surface area contributed by atoms with Gasteiger partial charge in [-0.1, -0.05) is 13.0 Å². The third-order valence-corrected chi connectivity index (χ3v) is 2.73. The van der Waals surface area contributed by atoms with Crippen molar-refractivity contribution >= 4 is 0 Å². The van der Waals surface area contributed by atoms with E-state index in [1.54, 1.807) is 0 Å². The fourth-order valence-corrected chi connectivity index (χ4v) is 1.92. The summed E-state index contributed by atoms with van der Waals surface area (Å²) < 4.78 is 0. The molecule has 0 radical (unpaired) electrons. The number of hydrogen-bond donors (Lipinski definition) is 1. The number of hydrogen-bond acceptors (Lipinski definition) is 2. The Bertz CT molecular complexity index is 137. The molecule has 1 aliphatic heterocycles. The second kappa shape index (κ2) is 6.17. The molecule has 0 aromatic rings. The van der Waals surface area contributed by atoms with E-state index in [1.807, 2.05) is 6.08 Å². The molecule has 0 saturated carbocycles. The van der Waals surface area contributed by atoms with E-state index in [-0.39, 0.29) is 0 Å². The zero-order valence-corrected chi connectivity index (χ0v) is 8.76. The molecule has 0 amide bonds. The molecule has 2 heteroatoms. The summed E-state index contributed by atoms with van der Waals surface area (Å²) in [6.45, 7) is 10.8. The van der Waals surface area contributed by atoms with Gasteiger partial charge in [0.15, 0.2) is 0 Å². The molecule has 0 atom stereocenters. The van der Waals surface area contributed by atoms with Crippen LogP contribution in [-0.2, 0) is 0 Å². The summed E-state index contributed by atoms with van der Waals surface area (Å²) in [4.78, 5) is 2.54. The maximum absolute atomic E-state index is 3.75. The van der Waals surface area contributed by atoms with Crippen LogP contribution in [0.2, 0.25) is 0 Å². The van der Waals surface area contributed by atoms with Crippen molar-refractivity contribution in [2.45, 2.75) is 32.2 Å². The van der Waals surface area contributed by atoms with Gasteiger partial charge in [-0.15, -0.1) is 6.58 Å². The fraction of sp³-hybridized carbons (Fsp3) is 0.818. The van der Waals surface area contributed by atoms with Gasteiger partial charge in [-0.25, -0.2) is 0 Å². The molecule has 1 saturated heterocycles. The minimum absolute atomic E-state index is 0.769. The standard InChI is InChI=1S/C11H22N2/c1-3-5-8-13-9-6-11(7-10-13)12-4-2/h3,11-12H,1,4-10H2,2H3. The first-order valence-electron chi connectivity index (χ1n) is 5.43. The van der Waals surface area contributed by atoms with Crippen LogP contribution in [0.3, 0.4) is 0 Å². The largest absolute Gasteiger partial charge is 0.314 e. The van der Waals surface area contributed by atoms with E-state index in [0.29, 0.717) is 0 Å². The Kier molecular flexibility index (Phi) is 5.09. The van der Waals surface area contributed by atoms with Crippen LogP contribution in [0.5, 0.6) is 0 Å². The maximum Gasteiger partial charge on any atom is 0.00912 e. The van der Waals surface area contributed by atoms with Gasteiger partial charge in [0.25, 0.3) is 0 Å². The molecule has 0 unspecified atom stereocenters. The predicted octanol–water partition coefficient (Wildman–Crippen LogP) is 1.64. The molecule has 0 bridgehead atoms. The highest BCUT2D eigenvalue weighted by atomic mass is 15.1. The second-order valence-corrected chi connectivity index (χ2v) is 3.75. The van der Waals surface area contributed by atoms with E-state index < -0.39 is 0 Å². The molecule has 1 heterocycles. The topological polar surface area (TPSA) is 15.3 Å². The first-order valence-corrected chi connectivity index (χ1v) is 5.43. The highest BCUT2D eigenvalue weighted by Gasteiger charge is 2.16. The Hall–Kier alpha value is -0.340. The molecule has 1 fully saturated rings. The van der Waals surface area contributed by atoms with E-state index in [2.05, 4.69) is 23.7 Å². The van der Waals surface area contributed by atoms with E-state index >= 15 is 0 Å². The number of rotatable bonds is 5. The van der Waals surface area contributed by atoms with Gasteiger partial charge in [-0.3, -0.25) is 0 Å². The third-order valence-electron chi connectivity index (χ3n) is 2.73. The zero-order valence-electron chi connectivity index (χ0n) is 8.76. The van der Waals surface area contributed by atoms with Crippen LogP contribution in [-0.4, -0.2) is 37.1 Å².